The zero-order chi connectivity index (χ0) is 21.9. The Bertz CT molecular complexity index is 954. The van der Waals surface area contributed by atoms with Gasteiger partial charge in [-0.15, -0.1) is 0 Å². The minimum Gasteiger partial charge on any atom is -0.481 e. The molecule has 3 N–H and O–H groups in total. The molecule has 2 amide bonds. The molecule has 0 saturated carbocycles. The third kappa shape index (κ3) is 7.61. The van der Waals surface area contributed by atoms with E-state index in [1.165, 1.54) is 30.3 Å². The maximum absolute atomic E-state index is 13.2. The molecule has 0 aliphatic heterocycles. The van der Waals surface area contributed by atoms with Gasteiger partial charge in [-0.1, -0.05) is 29.4 Å². The highest BCUT2D eigenvalue weighted by atomic mass is 19.1. The molecule has 0 aliphatic rings. The predicted octanol–water partition coefficient (Wildman–Crippen LogP) is 2.57. The summed E-state index contributed by atoms with van der Waals surface area (Å²) in [5.74, 6) is -2.30. The van der Waals surface area contributed by atoms with Crippen molar-refractivity contribution in [3.63, 3.8) is 0 Å². The molecule has 0 fully saturated rings. The summed E-state index contributed by atoms with van der Waals surface area (Å²) in [5.41, 5.74) is 9.97. The van der Waals surface area contributed by atoms with Crippen LogP contribution in [0, 0.1) is 5.82 Å². The Kier molecular flexibility index (Phi) is 8.34. The average Bonchev–Trinajstić information content (AvgIpc) is 2.70. The Morgan fingerprint density at radius 3 is 2.50 bits per heavy atom. The summed E-state index contributed by atoms with van der Waals surface area (Å²) < 4.78 is 13.2. The van der Waals surface area contributed by atoms with E-state index in [4.69, 9.17) is 10.6 Å². The molecule has 0 spiro atoms. The Morgan fingerprint density at radius 1 is 1.13 bits per heavy atom. The quantitative estimate of drug-likeness (QED) is 0.312. The molecule has 30 heavy (non-hydrogen) atoms. The summed E-state index contributed by atoms with van der Waals surface area (Å²) in [5, 5.41) is 17.4. The van der Waals surface area contributed by atoms with E-state index in [9.17, 15) is 18.8 Å². The van der Waals surface area contributed by atoms with Gasteiger partial charge in [0, 0.05) is 29.6 Å². The molecule has 0 aromatic heterocycles. The fourth-order valence-corrected chi connectivity index (χ4v) is 2.65. The van der Waals surface area contributed by atoms with Gasteiger partial charge in [0.25, 0.3) is 5.91 Å². The largest absolute Gasteiger partial charge is 0.481 e. The number of aliphatic carboxylic acids is 1. The maximum Gasteiger partial charge on any atom is 0.305 e. The minimum absolute atomic E-state index is 0.0500. The summed E-state index contributed by atoms with van der Waals surface area (Å²) in [6.45, 7) is 0.0541. The van der Waals surface area contributed by atoms with E-state index in [-0.39, 0.29) is 31.8 Å². The first-order valence-corrected chi connectivity index (χ1v) is 9.01. The van der Waals surface area contributed by atoms with E-state index >= 15 is 0 Å². The van der Waals surface area contributed by atoms with E-state index in [0.29, 0.717) is 11.1 Å². The molecule has 0 bridgehead atoms. The number of amides is 2. The summed E-state index contributed by atoms with van der Waals surface area (Å²) in [6, 6.07) is 11.3. The number of benzene rings is 2. The molecule has 0 radical (unpaired) electrons. The molecule has 2 aromatic carbocycles. The first kappa shape index (κ1) is 22.4. The second-order valence-electron chi connectivity index (χ2n) is 6.46. The monoisotopic (exact) mass is 413 g/mol. The number of nitrogens with one attached hydrogen (secondary N) is 2. The average molecular weight is 413 g/mol. The van der Waals surface area contributed by atoms with Crippen LogP contribution in [0.3, 0.4) is 0 Å². The molecule has 0 aliphatic carbocycles. The van der Waals surface area contributed by atoms with Gasteiger partial charge in [0.15, 0.2) is 0 Å². The number of nitrogens with zero attached hydrogens (tertiary/aromatic N) is 3. The van der Waals surface area contributed by atoms with Gasteiger partial charge in [-0.05, 0) is 40.9 Å². The summed E-state index contributed by atoms with van der Waals surface area (Å²) in [4.78, 5) is 37.7. The number of halogens is 1. The lowest BCUT2D eigenvalue weighted by Crippen LogP contribution is -2.38. The number of carboxylic acids is 1. The van der Waals surface area contributed by atoms with Crippen LogP contribution in [0.1, 0.15) is 27.9 Å². The number of carbonyl (C=O) groups is 3. The molecule has 0 heterocycles. The van der Waals surface area contributed by atoms with Crippen molar-refractivity contribution in [1.82, 2.24) is 10.6 Å². The summed E-state index contributed by atoms with van der Waals surface area (Å²) in [6.07, 6.45) is -0.325. The number of rotatable bonds is 10. The van der Waals surface area contributed by atoms with E-state index in [2.05, 4.69) is 20.7 Å². The molecule has 10 heteroatoms. The van der Waals surface area contributed by atoms with Crippen LogP contribution in [0.15, 0.2) is 53.6 Å². The molecule has 0 unspecified atom stereocenters. The first-order chi connectivity index (χ1) is 14.4. The molecule has 0 saturated heterocycles. The van der Waals surface area contributed by atoms with Crippen molar-refractivity contribution in [2.75, 3.05) is 6.54 Å². The fraction of sp³-hybridized carbons (Fsp3) is 0.250. The number of carbonyl (C=O) groups excluding carboxylic acids is 2. The highest BCUT2D eigenvalue weighted by Crippen LogP contribution is 2.07. The van der Waals surface area contributed by atoms with Crippen molar-refractivity contribution in [3.8, 4) is 0 Å². The zero-order valence-corrected chi connectivity index (χ0v) is 15.9. The minimum atomic E-state index is -1.13. The number of azide groups is 1. The first-order valence-electron chi connectivity index (χ1n) is 9.01. The molecule has 9 nitrogen and oxygen atoms in total. The third-order valence-electron chi connectivity index (χ3n) is 4.08. The van der Waals surface area contributed by atoms with Crippen molar-refractivity contribution in [1.29, 1.82) is 0 Å². The van der Waals surface area contributed by atoms with Crippen LogP contribution in [-0.2, 0) is 22.6 Å². The number of hydrogen-bond donors (Lipinski definition) is 3. The Morgan fingerprint density at radius 2 is 1.87 bits per heavy atom. The smallest absolute Gasteiger partial charge is 0.305 e. The highest BCUT2D eigenvalue weighted by Gasteiger charge is 2.16. The maximum atomic E-state index is 13.2. The van der Waals surface area contributed by atoms with Crippen LogP contribution in [-0.4, -0.2) is 35.5 Å². The van der Waals surface area contributed by atoms with E-state index in [1.807, 2.05) is 0 Å². The standard InChI is InChI=1S/C20H20FN5O4/c21-16-3-1-2-14(8-16)9-18(27)23-11-13-4-6-15(7-5-13)20(30)25-17(10-19(28)29)12-24-26-22/h1-8,17H,9-12H2,(H,23,27)(H,25,30)(H,28,29)/t17-/m0/s1. The van der Waals surface area contributed by atoms with Crippen LogP contribution < -0.4 is 10.6 Å². The van der Waals surface area contributed by atoms with Crippen molar-refractivity contribution in [2.24, 2.45) is 5.11 Å². The van der Waals surface area contributed by atoms with Gasteiger partial charge in [-0.25, -0.2) is 4.39 Å². The normalized spacial score (nSPS) is 11.1. The lowest BCUT2D eigenvalue weighted by Gasteiger charge is -2.14. The number of carboxylic acid groups (broad SMARTS) is 1. The van der Waals surface area contributed by atoms with Crippen LogP contribution >= 0.6 is 0 Å². The van der Waals surface area contributed by atoms with Gasteiger partial charge in [-0.3, -0.25) is 14.4 Å². The van der Waals surface area contributed by atoms with Crippen molar-refractivity contribution in [3.05, 3.63) is 81.5 Å². The van der Waals surface area contributed by atoms with Crippen LogP contribution in [0.25, 0.3) is 10.4 Å². The van der Waals surface area contributed by atoms with Gasteiger partial charge in [-0.2, -0.15) is 0 Å². The van der Waals surface area contributed by atoms with Crippen molar-refractivity contribution >= 4 is 17.8 Å². The summed E-state index contributed by atoms with van der Waals surface area (Å²) >= 11 is 0. The molecular formula is C20H20FN5O4. The van der Waals surface area contributed by atoms with Crippen LogP contribution in [0.5, 0.6) is 0 Å². The molecule has 1 atom stereocenters. The molecular weight excluding hydrogens is 393 g/mol. The van der Waals surface area contributed by atoms with Crippen LogP contribution in [0.4, 0.5) is 4.39 Å². The van der Waals surface area contributed by atoms with Crippen molar-refractivity contribution in [2.45, 2.75) is 25.4 Å². The topological polar surface area (TPSA) is 144 Å². The highest BCUT2D eigenvalue weighted by molar-refractivity contribution is 5.94. The van der Waals surface area contributed by atoms with E-state index in [0.717, 1.165) is 5.56 Å². The summed E-state index contributed by atoms with van der Waals surface area (Å²) in [7, 11) is 0. The fourth-order valence-electron chi connectivity index (χ4n) is 2.65. The predicted molar refractivity (Wildman–Crippen MR) is 106 cm³/mol. The second kappa shape index (κ2) is 11.2. The van der Waals surface area contributed by atoms with E-state index in [1.54, 1.807) is 18.2 Å². The lowest BCUT2D eigenvalue weighted by molar-refractivity contribution is -0.137. The molecule has 156 valence electrons. The number of hydrogen-bond acceptors (Lipinski definition) is 4. The molecule has 2 aromatic rings. The van der Waals surface area contributed by atoms with Crippen LogP contribution in [0.2, 0.25) is 0 Å². The second-order valence-corrected chi connectivity index (χ2v) is 6.46. The third-order valence-corrected chi connectivity index (χ3v) is 4.08. The van der Waals surface area contributed by atoms with Gasteiger partial charge < -0.3 is 15.7 Å². The Balaban J connectivity index is 1.88. The zero-order valence-electron chi connectivity index (χ0n) is 15.9. The van der Waals surface area contributed by atoms with Gasteiger partial charge in [0.05, 0.1) is 12.8 Å². The van der Waals surface area contributed by atoms with Gasteiger partial charge in [0.2, 0.25) is 5.91 Å². The SMILES string of the molecule is [N-]=[N+]=NC[C@H](CC(=O)O)NC(=O)c1ccc(CNC(=O)Cc2cccc(F)c2)cc1. The van der Waals surface area contributed by atoms with E-state index < -0.39 is 23.7 Å². The Labute approximate surface area is 171 Å². The van der Waals surface area contributed by atoms with Gasteiger partial charge >= 0.3 is 5.97 Å². The van der Waals surface area contributed by atoms with Crippen molar-refractivity contribution < 1.29 is 23.9 Å². The molecule has 2 rings (SSSR count). The Hall–Kier alpha value is -3.91. The van der Waals surface area contributed by atoms with Gasteiger partial charge in [0.1, 0.15) is 5.82 Å². The lowest BCUT2D eigenvalue weighted by atomic mass is 10.1.